The summed E-state index contributed by atoms with van der Waals surface area (Å²) in [6.07, 6.45) is 2.06. The van der Waals surface area contributed by atoms with Crippen molar-refractivity contribution in [3.8, 4) is 0 Å². The maximum Gasteiger partial charge on any atom is 0.326 e. The molecule has 2 atom stereocenters. The summed E-state index contributed by atoms with van der Waals surface area (Å²) in [5, 5.41) is 2.81. The zero-order chi connectivity index (χ0) is 20.5. The number of urea groups is 1. The monoisotopic (exact) mass is 386 g/mol. The van der Waals surface area contributed by atoms with Gasteiger partial charge in [-0.3, -0.25) is 19.3 Å². The molecule has 28 heavy (non-hydrogen) atoms. The average Bonchev–Trinajstić information content (AvgIpc) is 2.82. The molecule has 1 heterocycles. The second-order valence-corrected chi connectivity index (χ2v) is 8.71. The van der Waals surface area contributed by atoms with Crippen molar-refractivity contribution < 1.29 is 23.9 Å². The Hall–Kier alpha value is -2.70. The average molecular weight is 386 g/mol. The molecule has 1 aromatic rings. The summed E-state index contributed by atoms with van der Waals surface area (Å²) in [6, 6.07) is 7.89. The van der Waals surface area contributed by atoms with Crippen LogP contribution in [-0.4, -0.2) is 47.3 Å². The van der Waals surface area contributed by atoms with Crippen LogP contribution in [-0.2, 0) is 14.3 Å². The van der Waals surface area contributed by atoms with Gasteiger partial charge in [0.05, 0.1) is 0 Å². The van der Waals surface area contributed by atoms with E-state index in [4.69, 9.17) is 4.74 Å². The number of imide groups is 1. The standard InChI is InChI=1S/C21H26N2O5/c1-14-9-20(2,3)13-21(10-14)18(26)23(19(27)22-21)11-17(25)28-12-16(24)15-7-5-4-6-8-15/h4-8,14H,9-13H2,1-3H3,(H,22,27)/t14-,21+/m1/s1. The Bertz CT molecular complexity index is 804. The number of nitrogens with zero attached hydrogens (tertiary/aromatic N) is 1. The Morgan fingerprint density at radius 1 is 1.18 bits per heavy atom. The lowest BCUT2D eigenvalue weighted by Crippen LogP contribution is -2.54. The van der Waals surface area contributed by atoms with E-state index in [1.165, 1.54) is 0 Å². The number of carbonyl (C=O) groups is 4. The van der Waals surface area contributed by atoms with Crippen LogP contribution in [0.25, 0.3) is 0 Å². The fourth-order valence-electron chi connectivity index (χ4n) is 4.68. The van der Waals surface area contributed by atoms with Gasteiger partial charge in [0.2, 0.25) is 0 Å². The normalized spacial score (nSPS) is 26.2. The van der Waals surface area contributed by atoms with E-state index in [1.807, 2.05) is 0 Å². The lowest BCUT2D eigenvalue weighted by atomic mass is 9.64. The van der Waals surface area contributed by atoms with Crippen LogP contribution in [0.3, 0.4) is 0 Å². The highest BCUT2D eigenvalue weighted by atomic mass is 16.5. The van der Waals surface area contributed by atoms with Crippen molar-refractivity contribution in [1.82, 2.24) is 10.2 Å². The van der Waals surface area contributed by atoms with Crippen molar-refractivity contribution >= 4 is 23.7 Å². The lowest BCUT2D eigenvalue weighted by molar-refractivity contribution is -0.147. The molecule has 0 aromatic heterocycles. The van der Waals surface area contributed by atoms with Crippen LogP contribution in [0.2, 0.25) is 0 Å². The number of benzene rings is 1. The molecule has 1 aliphatic heterocycles. The van der Waals surface area contributed by atoms with Crippen LogP contribution in [0.5, 0.6) is 0 Å². The molecule has 2 fully saturated rings. The van der Waals surface area contributed by atoms with Gasteiger partial charge in [0.1, 0.15) is 12.1 Å². The van der Waals surface area contributed by atoms with Crippen LogP contribution in [0.4, 0.5) is 4.79 Å². The number of nitrogens with one attached hydrogen (secondary N) is 1. The fourth-order valence-corrected chi connectivity index (χ4v) is 4.68. The first-order valence-corrected chi connectivity index (χ1v) is 9.50. The van der Waals surface area contributed by atoms with Crippen LogP contribution in [0.15, 0.2) is 30.3 Å². The Balaban J connectivity index is 1.61. The van der Waals surface area contributed by atoms with Gasteiger partial charge in [0, 0.05) is 5.56 Å². The minimum Gasteiger partial charge on any atom is -0.456 e. The number of esters is 1. The first-order chi connectivity index (χ1) is 13.1. The van der Waals surface area contributed by atoms with Crippen molar-refractivity contribution in [2.24, 2.45) is 11.3 Å². The predicted octanol–water partition coefficient (Wildman–Crippen LogP) is 2.55. The van der Waals surface area contributed by atoms with Gasteiger partial charge in [0.25, 0.3) is 5.91 Å². The topological polar surface area (TPSA) is 92.8 Å². The molecule has 0 bridgehead atoms. The number of ketones is 1. The van der Waals surface area contributed by atoms with Crippen LogP contribution in [0, 0.1) is 11.3 Å². The molecule has 1 saturated carbocycles. The Kier molecular flexibility index (Phi) is 5.28. The van der Waals surface area contributed by atoms with Gasteiger partial charge < -0.3 is 10.1 Å². The van der Waals surface area contributed by atoms with E-state index in [9.17, 15) is 19.2 Å². The molecule has 1 N–H and O–H groups in total. The number of amides is 3. The zero-order valence-corrected chi connectivity index (χ0v) is 16.5. The number of Topliss-reactive ketones (excluding diaryl/α,β-unsaturated/α-hetero) is 1. The van der Waals surface area contributed by atoms with Crippen molar-refractivity contribution in [2.45, 2.75) is 45.6 Å². The Labute approximate surface area is 164 Å². The minimum absolute atomic E-state index is 0.0841. The fraction of sp³-hybridized carbons (Fsp3) is 0.524. The number of carbonyl (C=O) groups excluding carboxylic acids is 4. The second kappa shape index (κ2) is 7.37. The van der Waals surface area contributed by atoms with Crippen LogP contribution < -0.4 is 5.32 Å². The van der Waals surface area contributed by atoms with E-state index in [0.29, 0.717) is 18.4 Å². The zero-order valence-electron chi connectivity index (χ0n) is 16.5. The highest BCUT2D eigenvalue weighted by Crippen LogP contribution is 2.46. The van der Waals surface area contributed by atoms with E-state index >= 15 is 0 Å². The molecule has 150 valence electrons. The van der Waals surface area contributed by atoms with Crippen LogP contribution in [0.1, 0.15) is 50.4 Å². The van der Waals surface area contributed by atoms with Crippen molar-refractivity contribution in [3.63, 3.8) is 0 Å². The van der Waals surface area contributed by atoms with E-state index in [2.05, 4.69) is 26.1 Å². The van der Waals surface area contributed by atoms with Crippen LogP contribution >= 0.6 is 0 Å². The minimum atomic E-state index is -0.960. The summed E-state index contributed by atoms with van der Waals surface area (Å²) in [5.41, 5.74) is -0.611. The molecule has 1 spiro atoms. The molecular weight excluding hydrogens is 360 g/mol. The smallest absolute Gasteiger partial charge is 0.326 e. The van der Waals surface area contributed by atoms with E-state index in [-0.39, 0.29) is 23.0 Å². The third-order valence-corrected chi connectivity index (χ3v) is 5.37. The molecule has 3 rings (SSSR count). The first-order valence-electron chi connectivity index (χ1n) is 9.50. The van der Waals surface area contributed by atoms with Gasteiger partial charge in [-0.15, -0.1) is 0 Å². The quantitative estimate of drug-likeness (QED) is 0.477. The van der Waals surface area contributed by atoms with Gasteiger partial charge >= 0.3 is 12.0 Å². The molecule has 2 aliphatic rings. The summed E-state index contributed by atoms with van der Waals surface area (Å²) < 4.78 is 4.99. The summed E-state index contributed by atoms with van der Waals surface area (Å²) in [4.78, 5) is 50.5. The first kappa shape index (κ1) is 20.0. The number of hydrogen-bond acceptors (Lipinski definition) is 5. The summed E-state index contributed by atoms with van der Waals surface area (Å²) >= 11 is 0. The van der Waals surface area contributed by atoms with Crippen molar-refractivity contribution in [3.05, 3.63) is 35.9 Å². The molecule has 0 radical (unpaired) electrons. The van der Waals surface area contributed by atoms with E-state index in [1.54, 1.807) is 30.3 Å². The largest absolute Gasteiger partial charge is 0.456 e. The van der Waals surface area contributed by atoms with Gasteiger partial charge in [-0.25, -0.2) is 4.79 Å². The predicted molar refractivity (Wildman–Crippen MR) is 102 cm³/mol. The summed E-state index contributed by atoms with van der Waals surface area (Å²) in [6.45, 7) is 5.30. The molecular formula is C21H26N2O5. The SMILES string of the molecule is C[C@@H]1CC(C)(C)C[C@]2(C1)NC(=O)N(CC(=O)OCC(=O)c1ccccc1)C2=O. The van der Waals surface area contributed by atoms with Gasteiger partial charge in [-0.05, 0) is 30.6 Å². The van der Waals surface area contributed by atoms with Crippen molar-refractivity contribution in [2.75, 3.05) is 13.2 Å². The lowest BCUT2D eigenvalue weighted by Gasteiger charge is -2.43. The molecule has 0 unspecified atom stereocenters. The molecule has 1 saturated heterocycles. The Morgan fingerprint density at radius 2 is 1.86 bits per heavy atom. The van der Waals surface area contributed by atoms with E-state index in [0.717, 1.165) is 11.3 Å². The maximum absolute atomic E-state index is 13.0. The number of hydrogen-bond donors (Lipinski definition) is 1. The maximum atomic E-state index is 13.0. The van der Waals surface area contributed by atoms with Gasteiger partial charge in [0.15, 0.2) is 12.4 Å². The van der Waals surface area contributed by atoms with Gasteiger partial charge in [-0.2, -0.15) is 0 Å². The second-order valence-electron chi connectivity index (χ2n) is 8.71. The van der Waals surface area contributed by atoms with Gasteiger partial charge in [-0.1, -0.05) is 51.1 Å². The third-order valence-electron chi connectivity index (χ3n) is 5.37. The molecule has 1 aliphatic carbocycles. The number of rotatable bonds is 5. The summed E-state index contributed by atoms with van der Waals surface area (Å²) in [5.74, 6) is -1.23. The van der Waals surface area contributed by atoms with Crippen molar-refractivity contribution in [1.29, 1.82) is 0 Å². The highest BCUT2D eigenvalue weighted by molar-refractivity contribution is 6.09. The highest BCUT2D eigenvalue weighted by Gasteiger charge is 2.56. The molecule has 3 amide bonds. The third kappa shape index (κ3) is 4.08. The molecule has 7 nitrogen and oxygen atoms in total. The number of ether oxygens (including phenoxy) is 1. The molecule has 7 heteroatoms. The molecule has 1 aromatic carbocycles. The van der Waals surface area contributed by atoms with E-state index < -0.39 is 30.7 Å². The summed E-state index contributed by atoms with van der Waals surface area (Å²) in [7, 11) is 0. The Morgan fingerprint density at radius 3 is 2.50 bits per heavy atom.